The molecule has 186 valence electrons. The monoisotopic (exact) mass is 498 g/mol. The molecule has 0 unspecified atom stereocenters. The van der Waals surface area contributed by atoms with Crippen molar-refractivity contribution in [3.05, 3.63) is 89.5 Å². The van der Waals surface area contributed by atoms with Crippen LogP contribution in [0.25, 0.3) is 10.8 Å². The van der Waals surface area contributed by atoms with E-state index in [2.05, 4.69) is 15.5 Å². The Bertz CT molecular complexity index is 1530. The summed E-state index contributed by atoms with van der Waals surface area (Å²) < 4.78 is 5.40. The number of aromatic carboxylic acids is 1. The van der Waals surface area contributed by atoms with E-state index in [4.69, 9.17) is 10.5 Å². The Morgan fingerprint density at radius 2 is 1.54 bits per heavy atom. The number of phenols is 1. The van der Waals surface area contributed by atoms with Gasteiger partial charge in [-0.3, -0.25) is 9.59 Å². The van der Waals surface area contributed by atoms with Gasteiger partial charge in [0.15, 0.2) is 5.75 Å². The summed E-state index contributed by atoms with van der Waals surface area (Å²) in [4.78, 5) is 36.8. The minimum absolute atomic E-state index is 0.121. The van der Waals surface area contributed by atoms with E-state index in [9.17, 15) is 24.6 Å². The minimum Gasteiger partial charge on any atom is -0.505 e. The van der Waals surface area contributed by atoms with E-state index in [-0.39, 0.29) is 22.2 Å². The number of hydrogen-bond donors (Lipinski definition) is 4. The molecule has 0 bridgehead atoms. The number of azo groups is 1. The average Bonchev–Trinajstić information content (AvgIpc) is 2.88. The lowest BCUT2D eigenvalue weighted by molar-refractivity contribution is 0.0689. The number of benzene rings is 4. The fourth-order valence-corrected chi connectivity index (χ4v) is 3.75. The molecule has 4 aromatic rings. The second-order valence-corrected chi connectivity index (χ2v) is 7.82. The van der Waals surface area contributed by atoms with Crippen molar-refractivity contribution in [2.75, 3.05) is 11.9 Å². The Hall–Kier alpha value is -5.25. The topological polar surface area (TPSA) is 164 Å². The molecule has 0 heterocycles. The van der Waals surface area contributed by atoms with E-state index in [0.29, 0.717) is 29.1 Å². The van der Waals surface area contributed by atoms with Crippen LogP contribution in [-0.4, -0.2) is 34.6 Å². The van der Waals surface area contributed by atoms with Crippen molar-refractivity contribution >= 4 is 45.6 Å². The van der Waals surface area contributed by atoms with Gasteiger partial charge in [0.25, 0.3) is 5.91 Å². The molecule has 2 amide bonds. The number of nitrogens with two attached hydrogens (primary N) is 1. The number of ether oxygens (including phenoxy) is 1. The predicted octanol–water partition coefficient (Wildman–Crippen LogP) is 5.41. The van der Waals surface area contributed by atoms with Crippen LogP contribution in [0.3, 0.4) is 0 Å². The highest BCUT2D eigenvalue weighted by Crippen LogP contribution is 2.42. The molecule has 4 rings (SSSR count). The van der Waals surface area contributed by atoms with Gasteiger partial charge in [-0.1, -0.05) is 24.3 Å². The summed E-state index contributed by atoms with van der Waals surface area (Å²) in [5, 5.41) is 32.3. The quantitative estimate of drug-likeness (QED) is 0.237. The zero-order valence-electron chi connectivity index (χ0n) is 19.6. The summed E-state index contributed by atoms with van der Waals surface area (Å²) in [5.74, 6) is -2.92. The highest BCUT2D eigenvalue weighted by atomic mass is 16.5. The van der Waals surface area contributed by atoms with Crippen molar-refractivity contribution in [1.29, 1.82) is 0 Å². The molecule has 4 aromatic carbocycles. The lowest BCUT2D eigenvalue weighted by Gasteiger charge is -2.15. The molecule has 37 heavy (non-hydrogen) atoms. The molecule has 10 heteroatoms. The van der Waals surface area contributed by atoms with E-state index < -0.39 is 29.1 Å². The number of carbonyl (C=O) groups excluding carboxylic acids is 2. The van der Waals surface area contributed by atoms with E-state index in [1.54, 1.807) is 48.5 Å². The Kier molecular flexibility index (Phi) is 7.10. The number of rotatable bonds is 8. The highest BCUT2D eigenvalue weighted by Gasteiger charge is 2.28. The molecule has 0 aromatic heterocycles. The Balaban J connectivity index is 1.79. The van der Waals surface area contributed by atoms with Gasteiger partial charge in [-0.2, -0.15) is 5.11 Å². The van der Waals surface area contributed by atoms with Crippen LogP contribution in [0.1, 0.15) is 38.0 Å². The molecular formula is C27H22N4O6. The van der Waals surface area contributed by atoms with E-state index in [1.807, 2.05) is 6.92 Å². The number of fused-ring (bicyclic) bond motifs is 1. The average molecular weight is 498 g/mol. The third-order valence-corrected chi connectivity index (χ3v) is 5.44. The van der Waals surface area contributed by atoms with Crippen LogP contribution in [0.2, 0.25) is 0 Å². The first-order chi connectivity index (χ1) is 17.8. The van der Waals surface area contributed by atoms with Crippen LogP contribution >= 0.6 is 0 Å². The number of nitrogens with one attached hydrogen (secondary N) is 1. The van der Waals surface area contributed by atoms with Gasteiger partial charge in [-0.15, -0.1) is 5.11 Å². The number of anilines is 1. The largest absolute Gasteiger partial charge is 0.505 e. The molecule has 0 saturated carbocycles. The first-order valence-corrected chi connectivity index (χ1v) is 11.2. The first kappa shape index (κ1) is 24.9. The van der Waals surface area contributed by atoms with Gasteiger partial charge < -0.3 is 26.0 Å². The van der Waals surface area contributed by atoms with Crippen molar-refractivity contribution in [2.45, 2.75) is 6.92 Å². The molecule has 0 aliphatic carbocycles. The van der Waals surface area contributed by atoms with Crippen molar-refractivity contribution in [2.24, 2.45) is 16.0 Å². The SMILES string of the molecule is CCOc1ccc(NC(=O)c2c(C(=O)O)c(O)c(N=Nc3ccc(C(N)=O)cc3)c3ccccc23)cc1. The van der Waals surface area contributed by atoms with Crippen LogP contribution < -0.4 is 15.8 Å². The maximum Gasteiger partial charge on any atom is 0.340 e. The minimum atomic E-state index is -1.51. The molecule has 0 saturated heterocycles. The third kappa shape index (κ3) is 5.22. The van der Waals surface area contributed by atoms with Crippen LogP contribution in [0.4, 0.5) is 17.1 Å². The fraction of sp³-hybridized carbons (Fsp3) is 0.0741. The number of aromatic hydroxyl groups is 1. The van der Waals surface area contributed by atoms with Crippen LogP contribution in [-0.2, 0) is 0 Å². The standard InChI is InChI=1S/C27H22N4O6/c1-2-37-18-13-11-16(12-14-18)29-26(34)21-19-5-3-4-6-20(19)23(24(32)22(21)27(35)36)31-30-17-9-7-15(8-10-17)25(28)33/h3-14,32H,2H2,1H3,(H2,28,33)(H,29,34)(H,35,36). The molecule has 0 aliphatic heterocycles. The van der Waals surface area contributed by atoms with Crippen molar-refractivity contribution in [3.8, 4) is 11.5 Å². The van der Waals surface area contributed by atoms with Crippen LogP contribution in [0.15, 0.2) is 83.0 Å². The number of primary amides is 1. The van der Waals surface area contributed by atoms with Gasteiger partial charge in [0.05, 0.1) is 17.9 Å². The van der Waals surface area contributed by atoms with Crippen LogP contribution in [0, 0.1) is 0 Å². The Morgan fingerprint density at radius 3 is 2.14 bits per heavy atom. The van der Waals surface area contributed by atoms with Gasteiger partial charge in [0, 0.05) is 16.6 Å². The van der Waals surface area contributed by atoms with E-state index in [0.717, 1.165) is 0 Å². The van der Waals surface area contributed by atoms with Gasteiger partial charge in [-0.05, 0) is 60.8 Å². The molecule has 0 aliphatic rings. The molecule has 0 fully saturated rings. The fourth-order valence-electron chi connectivity index (χ4n) is 3.75. The number of hydrogen-bond acceptors (Lipinski definition) is 7. The van der Waals surface area contributed by atoms with Gasteiger partial charge in [0.1, 0.15) is 17.0 Å². The number of nitrogens with zero attached hydrogens (tertiary/aromatic N) is 2. The van der Waals surface area contributed by atoms with E-state index in [1.165, 1.54) is 24.3 Å². The third-order valence-electron chi connectivity index (χ3n) is 5.44. The molecule has 0 radical (unpaired) electrons. The lowest BCUT2D eigenvalue weighted by Crippen LogP contribution is -2.17. The smallest absolute Gasteiger partial charge is 0.340 e. The zero-order valence-corrected chi connectivity index (χ0v) is 19.6. The second kappa shape index (κ2) is 10.6. The molecule has 0 spiro atoms. The van der Waals surface area contributed by atoms with Crippen molar-refractivity contribution < 1.29 is 29.3 Å². The molecule has 0 atom stereocenters. The molecule has 5 N–H and O–H groups in total. The van der Waals surface area contributed by atoms with Gasteiger partial charge >= 0.3 is 5.97 Å². The molecular weight excluding hydrogens is 476 g/mol. The zero-order chi connectivity index (χ0) is 26.5. The first-order valence-electron chi connectivity index (χ1n) is 11.2. The number of carbonyl (C=O) groups is 3. The maximum absolute atomic E-state index is 13.3. The number of amides is 2. The second-order valence-electron chi connectivity index (χ2n) is 7.82. The Labute approximate surface area is 211 Å². The van der Waals surface area contributed by atoms with E-state index >= 15 is 0 Å². The van der Waals surface area contributed by atoms with Gasteiger partial charge in [0.2, 0.25) is 5.91 Å². The van der Waals surface area contributed by atoms with Crippen LogP contribution in [0.5, 0.6) is 11.5 Å². The summed E-state index contributed by atoms with van der Waals surface area (Å²) in [5.41, 5.74) is 5.32. The van der Waals surface area contributed by atoms with Crippen molar-refractivity contribution in [3.63, 3.8) is 0 Å². The number of carboxylic acids is 1. The molecule has 10 nitrogen and oxygen atoms in total. The lowest BCUT2D eigenvalue weighted by atomic mass is 9.95. The Morgan fingerprint density at radius 1 is 0.892 bits per heavy atom. The van der Waals surface area contributed by atoms with Gasteiger partial charge in [-0.25, -0.2) is 4.79 Å². The summed E-state index contributed by atoms with van der Waals surface area (Å²) in [6.07, 6.45) is 0. The summed E-state index contributed by atoms with van der Waals surface area (Å²) in [6, 6.07) is 19.0. The number of carboxylic acid groups (broad SMARTS) is 1. The van der Waals surface area contributed by atoms with Crippen molar-refractivity contribution in [1.82, 2.24) is 0 Å². The maximum atomic E-state index is 13.3. The summed E-state index contributed by atoms with van der Waals surface area (Å²) in [6.45, 7) is 2.34. The normalized spacial score (nSPS) is 10.9. The summed E-state index contributed by atoms with van der Waals surface area (Å²) in [7, 11) is 0. The highest BCUT2D eigenvalue weighted by molar-refractivity contribution is 6.22. The summed E-state index contributed by atoms with van der Waals surface area (Å²) >= 11 is 0. The predicted molar refractivity (Wildman–Crippen MR) is 137 cm³/mol.